The Labute approximate surface area is 197 Å². The number of esters is 1. The highest BCUT2D eigenvalue weighted by Crippen LogP contribution is 2.44. The van der Waals surface area contributed by atoms with E-state index in [0.29, 0.717) is 27.3 Å². The standard InChI is InChI=1S/C21H23F3N2O5S2/c1-20(2,3)31-19(27)17(33-32-16-8-6-5-7-15(16)26(28)29)18(21(22,23)24)25-13-9-11-14(30-4)12-10-13/h5-12,17-18,25H,1-4H3/t17-,18-/m1/s1. The highest BCUT2D eigenvalue weighted by atomic mass is 33.1. The molecule has 0 bridgehead atoms. The Morgan fingerprint density at radius 3 is 2.21 bits per heavy atom. The van der Waals surface area contributed by atoms with Crippen molar-refractivity contribution in [2.75, 3.05) is 12.4 Å². The number of benzene rings is 2. The lowest BCUT2D eigenvalue weighted by molar-refractivity contribution is -0.387. The zero-order valence-corrected chi connectivity index (χ0v) is 19.8. The van der Waals surface area contributed by atoms with Crippen molar-refractivity contribution in [2.24, 2.45) is 0 Å². The van der Waals surface area contributed by atoms with Crippen molar-refractivity contribution in [3.05, 3.63) is 58.6 Å². The van der Waals surface area contributed by atoms with E-state index in [0.717, 1.165) is 0 Å². The number of nitro benzene ring substituents is 1. The van der Waals surface area contributed by atoms with E-state index in [-0.39, 0.29) is 16.3 Å². The Morgan fingerprint density at radius 2 is 1.70 bits per heavy atom. The molecule has 12 heteroatoms. The van der Waals surface area contributed by atoms with Crippen LogP contribution in [0.3, 0.4) is 0 Å². The second-order valence-electron chi connectivity index (χ2n) is 7.75. The molecule has 0 fully saturated rings. The average Bonchev–Trinajstić information content (AvgIpc) is 2.71. The molecular formula is C21H23F3N2O5S2. The molecule has 7 nitrogen and oxygen atoms in total. The number of nitrogens with one attached hydrogen (secondary N) is 1. The fourth-order valence-corrected chi connectivity index (χ4v) is 5.21. The Bertz CT molecular complexity index is 966. The summed E-state index contributed by atoms with van der Waals surface area (Å²) < 4.78 is 52.6. The minimum absolute atomic E-state index is 0.114. The Hall–Kier alpha value is -2.60. The first kappa shape index (κ1) is 26.7. The lowest BCUT2D eigenvalue weighted by atomic mass is 10.1. The molecule has 180 valence electrons. The summed E-state index contributed by atoms with van der Waals surface area (Å²) in [4.78, 5) is 23.6. The smallest absolute Gasteiger partial charge is 0.410 e. The molecule has 2 aromatic rings. The van der Waals surface area contributed by atoms with Gasteiger partial charge in [-0.1, -0.05) is 22.9 Å². The molecule has 0 aliphatic carbocycles. The second kappa shape index (κ2) is 11.0. The van der Waals surface area contributed by atoms with Crippen molar-refractivity contribution in [1.29, 1.82) is 0 Å². The van der Waals surface area contributed by atoms with Gasteiger partial charge in [-0.3, -0.25) is 14.9 Å². The quantitative estimate of drug-likeness (QED) is 0.190. The molecule has 2 atom stereocenters. The molecule has 0 amide bonds. The van der Waals surface area contributed by atoms with Crippen molar-refractivity contribution in [2.45, 2.75) is 48.7 Å². The fraction of sp³-hybridized carbons (Fsp3) is 0.381. The van der Waals surface area contributed by atoms with E-state index in [1.165, 1.54) is 55.6 Å². The van der Waals surface area contributed by atoms with Crippen LogP contribution in [0.4, 0.5) is 24.5 Å². The van der Waals surface area contributed by atoms with E-state index in [4.69, 9.17) is 9.47 Å². The summed E-state index contributed by atoms with van der Waals surface area (Å²) in [6, 6.07) is 9.02. The average molecular weight is 505 g/mol. The van der Waals surface area contributed by atoms with Crippen LogP contribution >= 0.6 is 21.6 Å². The number of anilines is 1. The first-order chi connectivity index (χ1) is 15.3. The molecule has 0 saturated carbocycles. The number of rotatable bonds is 9. The molecule has 0 aliphatic rings. The molecule has 0 radical (unpaired) electrons. The van der Waals surface area contributed by atoms with Gasteiger partial charge in [0.1, 0.15) is 22.6 Å². The van der Waals surface area contributed by atoms with Crippen LogP contribution in [-0.4, -0.2) is 41.1 Å². The van der Waals surface area contributed by atoms with E-state index in [1.807, 2.05) is 0 Å². The topological polar surface area (TPSA) is 90.7 Å². The van der Waals surface area contributed by atoms with Gasteiger partial charge in [-0.25, -0.2) is 0 Å². The summed E-state index contributed by atoms with van der Waals surface area (Å²) in [7, 11) is 2.69. The van der Waals surface area contributed by atoms with Crippen LogP contribution in [0.15, 0.2) is 53.4 Å². The number of nitro groups is 1. The number of methoxy groups -OCH3 is 1. The van der Waals surface area contributed by atoms with E-state index in [9.17, 15) is 28.1 Å². The van der Waals surface area contributed by atoms with Crippen molar-refractivity contribution in [3.8, 4) is 5.75 Å². The van der Waals surface area contributed by atoms with Gasteiger partial charge >= 0.3 is 12.1 Å². The lowest BCUT2D eigenvalue weighted by Gasteiger charge is -2.31. The van der Waals surface area contributed by atoms with Crippen LogP contribution in [0, 0.1) is 10.1 Å². The van der Waals surface area contributed by atoms with Gasteiger partial charge in [-0.05, 0) is 61.9 Å². The van der Waals surface area contributed by atoms with Gasteiger partial charge < -0.3 is 14.8 Å². The number of carbonyl (C=O) groups is 1. The third-order valence-electron chi connectivity index (χ3n) is 4.01. The van der Waals surface area contributed by atoms with E-state index >= 15 is 0 Å². The summed E-state index contributed by atoms with van der Waals surface area (Å²) >= 11 is 0. The van der Waals surface area contributed by atoms with Crippen LogP contribution in [0.25, 0.3) is 0 Å². The van der Waals surface area contributed by atoms with E-state index in [2.05, 4.69) is 5.32 Å². The molecule has 0 spiro atoms. The normalized spacial score (nSPS) is 13.7. The number of carbonyl (C=O) groups excluding carboxylic acids is 1. The predicted molar refractivity (Wildman–Crippen MR) is 123 cm³/mol. The zero-order chi connectivity index (χ0) is 24.8. The van der Waals surface area contributed by atoms with E-state index < -0.39 is 34.0 Å². The number of hydrogen-bond acceptors (Lipinski definition) is 8. The largest absolute Gasteiger partial charge is 0.497 e. The number of para-hydroxylation sites is 1. The zero-order valence-electron chi connectivity index (χ0n) is 18.2. The number of ether oxygens (including phenoxy) is 2. The van der Waals surface area contributed by atoms with Crippen LogP contribution < -0.4 is 10.1 Å². The lowest BCUT2D eigenvalue weighted by Crippen LogP contribution is -2.49. The summed E-state index contributed by atoms with van der Waals surface area (Å²) in [5.74, 6) is -0.643. The highest BCUT2D eigenvalue weighted by Gasteiger charge is 2.49. The van der Waals surface area contributed by atoms with Crippen LogP contribution in [-0.2, 0) is 9.53 Å². The van der Waals surface area contributed by atoms with Crippen LogP contribution in [0.1, 0.15) is 20.8 Å². The van der Waals surface area contributed by atoms with Crippen LogP contribution in [0.5, 0.6) is 5.75 Å². The number of halogens is 3. The maximum absolute atomic E-state index is 14.1. The minimum Gasteiger partial charge on any atom is -0.497 e. The monoisotopic (exact) mass is 504 g/mol. The molecule has 2 rings (SSSR count). The van der Waals surface area contributed by atoms with Crippen LogP contribution in [0.2, 0.25) is 0 Å². The van der Waals surface area contributed by atoms with E-state index in [1.54, 1.807) is 20.8 Å². The van der Waals surface area contributed by atoms with Gasteiger partial charge in [-0.2, -0.15) is 13.2 Å². The first-order valence-corrected chi connectivity index (χ1v) is 11.8. The van der Waals surface area contributed by atoms with Crippen molar-refractivity contribution < 1.29 is 32.4 Å². The predicted octanol–water partition coefficient (Wildman–Crippen LogP) is 6.10. The maximum Gasteiger partial charge on any atom is 0.410 e. The number of hydrogen-bond donors (Lipinski definition) is 1. The van der Waals surface area contributed by atoms with Gasteiger partial charge in [-0.15, -0.1) is 0 Å². The molecule has 0 saturated heterocycles. The van der Waals surface area contributed by atoms with Crippen molar-refractivity contribution in [1.82, 2.24) is 0 Å². The van der Waals surface area contributed by atoms with Gasteiger partial charge in [0.25, 0.3) is 5.69 Å². The second-order valence-corrected chi connectivity index (χ2v) is 10.1. The SMILES string of the molecule is COc1ccc(N[C@H]([C@@H](SSc2ccccc2[N+](=O)[O-])C(=O)OC(C)(C)C)C(F)(F)F)cc1. The van der Waals surface area contributed by atoms with Gasteiger partial charge in [0.05, 0.1) is 16.9 Å². The molecule has 0 aliphatic heterocycles. The molecule has 0 heterocycles. The summed E-state index contributed by atoms with van der Waals surface area (Å²) in [5.41, 5.74) is -1.19. The Morgan fingerprint density at radius 1 is 1.09 bits per heavy atom. The van der Waals surface area contributed by atoms with Crippen molar-refractivity contribution >= 4 is 38.9 Å². The Balaban J connectivity index is 2.39. The number of nitrogens with zero attached hydrogens (tertiary/aromatic N) is 1. The summed E-state index contributed by atoms with van der Waals surface area (Å²) in [6.45, 7) is 4.63. The van der Waals surface area contributed by atoms with Gasteiger partial charge in [0.2, 0.25) is 0 Å². The highest BCUT2D eigenvalue weighted by molar-refractivity contribution is 8.77. The molecule has 0 unspecified atom stereocenters. The molecule has 33 heavy (non-hydrogen) atoms. The van der Waals surface area contributed by atoms with Crippen molar-refractivity contribution in [3.63, 3.8) is 0 Å². The fourth-order valence-electron chi connectivity index (χ4n) is 2.57. The summed E-state index contributed by atoms with van der Waals surface area (Å²) in [5, 5.41) is 11.9. The van der Waals surface area contributed by atoms with Gasteiger partial charge in [0, 0.05) is 11.8 Å². The number of alkyl halides is 3. The molecule has 2 aromatic carbocycles. The molecule has 1 N–H and O–H groups in total. The first-order valence-electron chi connectivity index (χ1n) is 9.59. The van der Waals surface area contributed by atoms with Gasteiger partial charge in [0.15, 0.2) is 0 Å². The molecular weight excluding hydrogens is 481 g/mol. The maximum atomic E-state index is 14.1. The third kappa shape index (κ3) is 8.04. The minimum atomic E-state index is -4.84. The third-order valence-corrected chi connectivity index (χ3v) is 6.75. The Kier molecular flexibility index (Phi) is 8.89. The molecule has 0 aromatic heterocycles. The summed E-state index contributed by atoms with van der Waals surface area (Å²) in [6.07, 6.45) is -4.84.